The summed E-state index contributed by atoms with van der Waals surface area (Å²) in [4.78, 5) is 11.4. The van der Waals surface area contributed by atoms with Crippen molar-refractivity contribution in [3.8, 4) is 5.75 Å². The molecule has 0 aliphatic carbocycles. The zero-order valence-electron chi connectivity index (χ0n) is 13.2. The molecule has 1 N–H and O–H groups in total. The summed E-state index contributed by atoms with van der Waals surface area (Å²) in [5.74, 6) is 0.852. The molecule has 0 spiro atoms. The number of benzene rings is 2. The van der Waals surface area contributed by atoms with Crippen molar-refractivity contribution in [2.45, 2.75) is 26.9 Å². The first-order valence-electron chi connectivity index (χ1n) is 7.29. The van der Waals surface area contributed by atoms with Gasteiger partial charge >= 0.3 is 6.09 Å². The molecule has 116 valence electrons. The number of hydrogen-bond donors (Lipinski definition) is 1. The highest BCUT2D eigenvalue weighted by atomic mass is 16.5. The lowest BCUT2D eigenvalue weighted by Crippen LogP contribution is -2.13. The van der Waals surface area contributed by atoms with Crippen molar-refractivity contribution in [3.63, 3.8) is 0 Å². The van der Waals surface area contributed by atoms with Crippen LogP contribution >= 0.6 is 0 Å². The Bertz CT molecular complexity index is 653. The number of para-hydroxylation sites is 1. The molecule has 4 nitrogen and oxygen atoms in total. The molecule has 2 aromatic carbocycles. The molecule has 4 heteroatoms. The van der Waals surface area contributed by atoms with Gasteiger partial charge in [-0.1, -0.05) is 37.3 Å². The van der Waals surface area contributed by atoms with Gasteiger partial charge in [0.1, 0.15) is 12.4 Å². The minimum atomic E-state index is -0.490. The average Bonchev–Trinajstić information content (AvgIpc) is 2.54. The van der Waals surface area contributed by atoms with Crippen molar-refractivity contribution in [1.82, 2.24) is 0 Å². The number of amides is 1. The van der Waals surface area contributed by atoms with Crippen LogP contribution in [-0.4, -0.2) is 13.2 Å². The lowest BCUT2D eigenvalue weighted by Gasteiger charge is -2.13. The van der Waals surface area contributed by atoms with Gasteiger partial charge in [0.25, 0.3) is 0 Å². The van der Waals surface area contributed by atoms with Gasteiger partial charge in [0, 0.05) is 5.56 Å². The van der Waals surface area contributed by atoms with Gasteiger partial charge < -0.3 is 9.47 Å². The molecule has 2 rings (SSSR count). The third-order valence-corrected chi connectivity index (χ3v) is 3.47. The Morgan fingerprint density at radius 1 is 1.18 bits per heavy atom. The highest BCUT2D eigenvalue weighted by Gasteiger charge is 2.08. The smallest absolute Gasteiger partial charge is 0.411 e. The summed E-state index contributed by atoms with van der Waals surface area (Å²) in [6.45, 7) is 4.55. The van der Waals surface area contributed by atoms with Gasteiger partial charge in [-0.05, 0) is 36.6 Å². The number of rotatable bonds is 5. The second kappa shape index (κ2) is 7.50. The van der Waals surface area contributed by atoms with Crippen molar-refractivity contribution >= 4 is 11.8 Å². The van der Waals surface area contributed by atoms with Gasteiger partial charge in [-0.3, -0.25) is 5.32 Å². The predicted molar refractivity (Wildman–Crippen MR) is 87.4 cm³/mol. The molecule has 22 heavy (non-hydrogen) atoms. The van der Waals surface area contributed by atoms with E-state index in [-0.39, 0.29) is 0 Å². The van der Waals surface area contributed by atoms with E-state index < -0.39 is 6.09 Å². The molecule has 0 aliphatic heterocycles. The molecular weight excluding hydrogens is 278 g/mol. The van der Waals surface area contributed by atoms with E-state index in [4.69, 9.17) is 4.74 Å². The van der Waals surface area contributed by atoms with E-state index in [1.165, 1.54) is 12.7 Å². The van der Waals surface area contributed by atoms with Crippen molar-refractivity contribution in [2.75, 3.05) is 12.4 Å². The van der Waals surface area contributed by atoms with Crippen LogP contribution in [0.25, 0.3) is 0 Å². The Labute approximate surface area is 131 Å². The summed E-state index contributed by atoms with van der Waals surface area (Å²) in [5, 5.41) is 2.69. The number of carbonyl (C=O) groups is 1. The first kappa shape index (κ1) is 15.9. The fraction of sp³-hybridized carbons (Fsp3) is 0.278. The Balaban J connectivity index is 2.10. The molecule has 0 radical (unpaired) electrons. The van der Waals surface area contributed by atoms with Gasteiger partial charge in [0.05, 0.1) is 12.8 Å². The number of anilines is 1. The molecule has 0 saturated heterocycles. The minimum Gasteiger partial charge on any atom is -0.489 e. The van der Waals surface area contributed by atoms with E-state index >= 15 is 0 Å². The molecule has 0 aliphatic rings. The number of hydrogen-bond acceptors (Lipinski definition) is 3. The SMILES string of the molecule is CCc1ccc(OCc2ccccc2NC(=O)OC)c(C)c1. The van der Waals surface area contributed by atoms with E-state index in [1.807, 2.05) is 37.3 Å². The molecule has 0 saturated carbocycles. The molecule has 1 amide bonds. The van der Waals surface area contributed by atoms with Crippen LogP contribution in [0.15, 0.2) is 42.5 Å². The fourth-order valence-electron chi connectivity index (χ4n) is 2.18. The quantitative estimate of drug-likeness (QED) is 0.894. The van der Waals surface area contributed by atoms with E-state index in [0.717, 1.165) is 23.3 Å². The first-order valence-corrected chi connectivity index (χ1v) is 7.29. The Kier molecular flexibility index (Phi) is 5.42. The average molecular weight is 299 g/mol. The van der Waals surface area contributed by atoms with E-state index in [2.05, 4.69) is 29.1 Å². The normalized spacial score (nSPS) is 10.1. The monoisotopic (exact) mass is 299 g/mol. The second-order valence-corrected chi connectivity index (χ2v) is 5.02. The number of ether oxygens (including phenoxy) is 2. The molecule has 0 fully saturated rings. The van der Waals surface area contributed by atoms with Gasteiger partial charge in [-0.15, -0.1) is 0 Å². The van der Waals surface area contributed by atoms with Crippen LogP contribution in [-0.2, 0) is 17.8 Å². The number of carbonyl (C=O) groups excluding carboxylic acids is 1. The van der Waals surface area contributed by atoms with E-state index in [0.29, 0.717) is 12.3 Å². The summed E-state index contributed by atoms with van der Waals surface area (Å²) in [5.41, 5.74) is 3.99. The van der Waals surface area contributed by atoms with Gasteiger partial charge in [-0.2, -0.15) is 0 Å². The van der Waals surface area contributed by atoms with Crippen LogP contribution in [0.2, 0.25) is 0 Å². The van der Waals surface area contributed by atoms with Gasteiger partial charge in [0.15, 0.2) is 0 Å². The standard InChI is InChI=1S/C18H21NO3/c1-4-14-9-10-17(13(2)11-14)22-12-15-7-5-6-8-16(15)19-18(20)21-3/h5-11H,4,12H2,1-3H3,(H,19,20). The Morgan fingerprint density at radius 3 is 2.64 bits per heavy atom. The third-order valence-electron chi connectivity index (χ3n) is 3.47. The maximum absolute atomic E-state index is 11.4. The van der Waals surface area contributed by atoms with Gasteiger partial charge in [-0.25, -0.2) is 4.79 Å². The number of nitrogens with one attached hydrogen (secondary N) is 1. The Morgan fingerprint density at radius 2 is 1.95 bits per heavy atom. The largest absolute Gasteiger partial charge is 0.489 e. The van der Waals surface area contributed by atoms with Gasteiger partial charge in [0.2, 0.25) is 0 Å². The molecule has 0 atom stereocenters. The van der Waals surface area contributed by atoms with Crippen molar-refractivity contribution in [3.05, 3.63) is 59.2 Å². The van der Waals surface area contributed by atoms with E-state index in [1.54, 1.807) is 0 Å². The van der Waals surface area contributed by atoms with E-state index in [9.17, 15) is 4.79 Å². The topological polar surface area (TPSA) is 47.6 Å². The molecule has 2 aromatic rings. The van der Waals surface area contributed by atoms with Crippen molar-refractivity contribution in [1.29, 1.82) is 0 Å². The zero-order chi connectivity index (χ0) is 15.9. The molecular formula is C18H21NO3. The minimum absolute atomic E-state index is 0.381. The summed E-state index contributed by atoms with van der Waals surface area (Å²) >= 11 is 0. The lowest BCUT2D eigenvalue weighted by atomic mass is 10.1. The maximum Gasteiger partial charge on any atom is 0.411 e. The first-order chi connectivity index (χ1) is 10.6. The highest BCUT2D eigenvalue weighted by molar-refractivity contribution is 5.85. The summed E-state index contributed by atoms with van der Waals surface area (Å²) in [6, 6.07) is 13.7. The van der Waals surface area contributed by atoms with Crippen LogP contribution in [0.3, 0.4) is 0 Å². The van der Waals surface area contributed by atoms with Crippen LogP contribution in [0.5, 0.6) is 5.75 Å². The Hall–Kier alpha value is -2.49. The zero-order valence-corrected chi connectivity index (χ0v) is 13.2. The summed E-state index contributed by atoms with van der Waals surface area (Å²) in [7, 11) is 1.34. The molecule has 0 aromatic heterocycles. The summed E-state index contributed by atoms with van der Waals surface area (Å²) < 4.78 is 10.5. The third kappa shape index (κ3) is 4.01. The summed E-state index contributed by atoms with van der Waals surface area (Å²) in [6.07, 6.45) is 0.517. The van der Waals surface area contributed by atoms with Crippen LogP contribution in [0.4, 0.5) is 10.5 Å². The highest BCUT2D eigenvalue weighted by Crippen LogP contribution is 2.23. The van der Waals surface area contributed by atoms with Crippen LogP contribution < -0.4 is 10.1 Å². The molecule has 0 unspecified atom stereocenters. The lowest BCUT2D eigenvalue weighted by molar-refractivity contribution is 0.187. The fourth-order valence-corrected chi connectivity index (χ4v) is 2.18. The second-order valence-electron chi connectivity index (χ2n) is 5.02. The van der Waals surface area contributed by atoms with Crippen molar-refractivity contribution < 1.29 is 14.3 Å². The molecule has 0 heterocycles. The van der Waals surface area contributed by atoms with Crippen LogP contribution in [0, 0.1) is 6.92 Å². The van der Waals surface area contributed by atoms with Crippen LogP contribution in [0.1, 0.15) is 23.6 Å². The number of aryl methyl sites for hydroxylation is 2. The molecule has 0 bridgehead atoms. The van der Waals surface area contributed by atoms with Crippen molar-refractivity contribution in [2.24, 2.45) is 0 Å². The number of methoxy groups -OCH3 is 1. The maximum atomic E-state index is 11.4. The predicted octanol–water partition coefficient (Wildman–Crippen LogP) is 4.31.